The number of carbonyl (C=O) groups excluding carboxylic acids is 1. The molecule has 0 aliphatic heterocycles. The third-order valence-corrected chi connectivity index (χ3v) is 2.98. The van der Waals surface area contributed by atoms with E-state index < -0.39 is 0 Å². The van der Waals surface area contributed by atoms with Gasteiger partial charge in [0.2, 0.25) is 5.91 Å². The van der Waals surface area contributed by atoms with E-state index in [9.17, 15) is 9.59 Å². The molecule has 1 amide bonds. The molecule has 0 fully saturated rings. The van der Waals surface area contributed by atoms with E-state index in [4.69, 9.17) is 5.73 Å². The van der Waals surface area contributed by atoms with Crippen LogP contribution in [0.15, 0.2) is 29.1 Å². The normalized spacial score (nSPS) is 10.8. The molecule has 0 aliphatic carbocycles. The molecule has 106 valence electrons. The first-order valence-electron chi connectivity index (χ1n) is 6.64. The van der Waals surface area contributed by atoms with Crippen molar-refractivity contribution >= 4 is 16.8 Å². The van der Waals surface area contributed by atoms with Crippen molar-refractivity contribution in [2.45, 2.75) is 25.8 Å². The van der Waals surface area contributed by atoms with Gasteiger partial charge in [0.15, 0.2) is 0 Å². The second-order valence-electron chi connectivity index (χ2n) is 4.63. The molecule has 20 heavy (non-hydrogen) atoms. The van der Waals surface area contributed by atoms with Crippen molar-refractivity contribution < 1.29 is 4.79 Å². The van der Waals surface area contributed by atoms with Crippen LogP contribution in [0.2, 0.25) is 0 Å². The molecule has 1 heterocycles. The van der Waals surface area contributed by atoms with Crippen LogP contribution in [0.1, 0.15) is 25.1 Å². The van der Waals surface area contributed by atoms with Gasteiger partial charge in [-0.25, -0.2) is 4.98 Å². The molecule has 6 heteroatoms. The molecular formula is C14H18N4O2. The van der Waals surface area contributed by atoms with Gasteiger partial charge in [0.05, 0.1) is 17.4 Å². The predicted octanol–water partition coefficient (Wildman–Crippen LogP) is 0.668. The number of fused-ring (bicyclic) bond motifs is 1. The first-order chi connectivity index (χ1) is 9.66. The number of nitrogens with zero attached hydrogens (tertiary/aromatic N) is 1. The van der Waals surface area contributed by atoms with E-state index in [1.165, 1.54) is 0 Å². The number of hydrogen-bond acceptors (Lipinski definition) is 4. The molecule has 1 aromatic carbocycles. The van der Waals surface area contributed by atoms with Gasteiger partial charge < -0.3 is 16.0 Å². The fourth-order valence-electron chi connectivity index (χ4n) is 1.97. The Hall–Kier alpha value is -2.21. The Morgan fingerprint density at radius 1 is 1.30 bits per heavy atom. The summed E-state index contributed by atoms with van der Waals surface area (Å²) in [5.41, 5.74) is 5.63. The number of benzene rings is 1. The summed E-state index contributed by atoms with van der Waals surface area (Å²) in [6.07, 6.45) is 2.04. The number of hydrogen-bond donors (Lipinski definition) is 3. The highest BCUT2D eigenvalue weighted by molar-refractivity contribution is 5.77. The molecule has 0 bridgehead atoms. The maximum Gasteiger partial charge on any atom is 0.258 e. The molecule has 0 unspecified atom stereocenters. The van der Waals surface area contributed by atoms with Gasteiger partial charge in [0, 0.05) is 6.42 Å². The van der Waals surface area contributed by atoms with Crippen LogP contribution in [0.5, 0.6) is 0 Å². The number of aromatic nitrogens is 2. The Labute approximate surface area is 116 Å². The Bertz CT molecular complexity index is 651. The van der Waals surface area contributed by atoms with E-state index in [2.05, 4.69) is 15.3 Å². The van der Waals surface area contributed by atoms with Crippen molar-refractivity contribution in [3.63, 3.8) is 0 Å². The monoisotopic (exact) mass is 274 g/mol. The van der Waals surface area contributed by atoms with Crippen LogP contribution in [0.4, 0.5) is 0 Å². The average Bonchev–Trinajstić information content (AvgIpc) is 2.42. The van der Waals surface area contributed by atoms with E-state index in [1.807, 2.05) is 18.2 Å². The number of nitrogens with two attached hydrogens (primary N) is 1. The molecule has 6 nitrogen and oxygen atoms in total. The number of aromatic amines is 1. The average molecular weight is 274 g/mol. The van der Waals surface area contributed by atoms with Crippen molar-refractivity contribution in [3.05, 3.63) is 40.4 Å². The van der Waals surface area contributed by atoms with Crippen LogP contribution in [-0.2, 0) is 11.3 Å². The number of amides is 1. The van der Waals surface area contributed by atoms with Crippen molar-refractivity contribution in [3.8, 4) is 0 Å². The number of H-pyrrole nitrogens is 1. The Kier molecular flexibility index (Phi) is 4.84. The summed E-state index contributed by atoms with van der Waals surface area (Å²) in [6, 6.07) is 7.24. The Balaban J connectivity index is 1.87. The fourth-order valence-corrected chi connectivity index (χ4v) is 1.97. The van der Waals surface area contributed by atoms with Crippen LogP contribution in [0, 0.1) is 0 Å². The first kappa shape index (κ1) is 14.2. The van der Waals surface area contributed by atoms with E-state index in [0.717, 1.165) is 19.4 Å². The van der Waals surface area contributed by atoms with Crippen molar-refractivity contribution in [1.29, 1.82) is 0 Å². The highest BCUT2D eigenvalue weighted by Crippen LogP contribution is 2.05. The standard InChI is InChI=1S/C14H18N4O2/c15-12(19)7-3-4-8-16-9-13-17-11-6-2-1-5-10(11)14(20)18-13/h1-2,5-6,16H,3-4,7-9H2,(H2,15,19)(H,17,18,20). The highest BCUT2D eigenvalue weighted by atomic mass is 16.1. The second-order valence-corrected chi connectivity index (χ2v) is 4.63. The van der Waals surface area contributed by atoms with Gasteiger partial charge in [-0.3, -0.25) is 9.59 Å². The van der Waals surface area contributed by atoms with E-state index >= 15 is 0 Å². The van der Waals surface area contributed by atoms with Crippen LogP contribution >= 0.6 is 0 Å². The summed E-state index contributed by atoms with van der Waals surface area (Å²) in [5, 5.41) is 3.78. The zero-order valence-electron chi connectivity index (χ0n) is 11.2. The van der Waals surface area contributed by atoms with Crippen LogP contribution in [-0.4, -0.2) is 22.4 Å². The molecule has 0 spiro atoms. The molecular weight excluding hydrogens is 256 g/mol. The lowest BCUT2D eigenvalue weighted by Crippen LogP contribution is -2.20. The van der Waals surface area contributed by atoms with Gasteiger partial charge in [-0.2, -0.15) is 0 Å². The fraction of sp³-hybridized carbons (Fsp3) is 0.357. The summed E-state index contributed by atoms with van der Waals surface area (Å²) >= 11 is 0. The number of carbonyl (C=O) groups is 1. The maximum absolute atomic E-state index is 11.8. The lowest BCUT2D eigenvalue weighted by atomic mass is 10.2. The summed E-state index contributed by atoms with van der Waals surface area (Å²) in [4.78, 5) is 29.5. The second kappa shape index (κ2) is 6.81. The van der Waals surface area contributed by atoms with Crippen molar-refractivity contribution in [2.24, 2.45) is 5.73 Å². The SMILES string of the molecule is NC(=O)CCCCNCc1nc2ccccc2c(=O)[nH]1. The lowest BCUT2D eigenvalue weighted by molar-refractivity contribution is -0.118. The lowest BCUT2D eigenvalue weighted by Gasteiger charge is -2.05. The van der Waals surface area contributed by atoms with Gasteiger partial charge in [-0.1, -0.05) is 12.1 Å². The summed E-state index contributed by atoms with van der Waals surface area (Å²) < 4.78 is 0. The van der Waals surface area contributed by atoms with Crippen molar-refractivity contribution in [1.82, 2.24) is 15.3 Å². The molecule has 0 atom stereocenters. The third-order valence-electron chi connectivity index (χ3n) is 2.98. The third kappa shape index (κ3) is 3.89. The molecule has 1 aromatic heterocycles. The van der Waals surface area contributed by atoms with Crippen LogP contribution in [0.3, 0.4) is 0 Å². The quantitative estimate of drug-likeness (QED) is 0.646. The van der Waals surface area contributed by atoms with Gasteiger partial charge in [0.1, 0.15) is 5.82 Å². The Morgan fingerprint density at radius 3 is 2.90 bits per heavy atom. The molecule has 2 rings (SSSR count). The van der Waals surface area contributed by atoms with Gasteiger partial charge in [0.25, 0.3) is 5.56 Å². The minimum atomic E-state index is -0.273. The summed E-state index contributed by atoms with van der Waals surface area (Å²) in [7, 11) is 0. The number of para-hydroxylation sites is 1. The molecule has 0 saturated heterocycles. The number of rotatable bonds is 7. The summed E-state index contributed by atoms with van der Waals surface area (Å²) in [5.74, 6) is 0.342. The zero-order chi connectivity index (χ0) is 14.4. The van der Waals surface area contributed by atoms with Gasteiger partial charge >= 0.3 is 0 Å². The van der Waals surface area contributed by atoms with Crippen LogP contribution < -0.4 is 16.6 Å². The smallest absolute Gasteiger partial charge is 0.258 e. The molecule has 0 radical (unpaired) electrons. The molecule has 4 N–H and O–H groups in total. The predicted molar refractivity (Wildman–Crippen MR) is 77.1 cm³/mol. The topological polar surface area (TPSA) is 101 Å². The zero-order valence-corrected chi connectivity index (χ0v) is 11.2. The van der Waals surface area contributed by atoms with Gasteiger partial charge in [-0.15, -0.1) is 0 Å². The highest BCUT2D eigenvalue weighted by Gasteiger charge is 2.02. The minimum Gasteiger partial charge on any atom is -0.370 e. The largest absolute Gasteiger partial charge is 0.370 e. The maximum atomic E-state index is 11.8. The molecule has 2 aromatic rings. The first-order valence-corrected chi connectivity index (χ1v) is 6.64. The number of primary amides is 1. The van der Waals surface area contributed by atoms with Crippen LogP contribution in [0.25, 0.3) is 10.9 Å². The van der Waals surface area contributed by atoms with E-state index in [1.54, 1.807) is 6.07 Å². The van der Waals surface area contributed by atoms with Crippen molar-refractivity contribution in [2.75, 3.05) is 6.54 Å². The van der Waals surface area contributed by atoms with E-state index in [-0.39, 0.29) is 11.5 Å². The summed E-state index contributed by atoms with van der Waals surface area (Å²) in [6.45, 7) is 1.25. The minimum absolute atomic E-state index is 0.124. The Morgan fingerprint density at radius 2 is 2.10 bits per heavy atom. The molecule has 0 saturated carbocycles. The van der Waals surface area contributed by atoms with Gasteiger partial charge in [-0.05, 0) is 31.5 Å². The number of unbranched alkanes of at least 4 members (excludes halogenated alkanes) is 1. The number of nitrogens with one attached hydrogen (secondary N) is 2. The molecule has 0 aliphatic rings. The van der Waals surface area contributed by atoms with E-state index in [0.29, 0.717) is 29.7 Å².